The van der Waals surface area contributed by atoms with Crippen LogP contribution >= 0.6 is 24.0 Å². The largest absolute Gasteiger partial charge is 0.373 e. The molecule has 0 radical (unpaired) electrons. The van der Waals surface area contributed by atoms with Crippen LogP contribution in [0.4, 0.5) is 0 Å². The molecule has 2 unspecified atom stereocenters. The van der Waals surface area contributed by atoms with Crippen LogP contribution in [0, 0.1) is 18.8 Å². The predicted octanol–water partition coefficient (Wildman–Crippen LogP) is 2.92. The lowest BCUT2D eigenvalue weighted by Crippen LogP contribution is -2.45. The first kappa shape index (κ1) is 26.3. The highest BCUT2D eigenvalue weighted by Crippen LogP contribution is 2.33. The molecule has 31 heavy (non-hydrogen) atoms. The lowest BCUT2D eigenvalue weighted by Gasteiger charge is -2.33. The third kappa shape index (κ3) is 7.87. The Hall–Kier alpha value is -0.910. The Bertz CT molecular complexity index is 809. The summed E-state index contributed by atoms with van der Waals surface area (Å²) in [6.45, 7) is 5.74. The summed E-state index contributed by atoms with van der Waals surface area (Å²) in [7, 11) is -1.28. The van der Waals surface area contributed by atoms with Crippen molar-refractivity contribution in [3.63, 3.8) is 0 Å². The Balaban J connectivity index is 0.00000341. The molecular weight excluding hydrogens is 527 g/mol. The van der Waals surface area contributed by atoms with E-state index in [0.29, 0.717) is 24.9 Å². The number of ether oxygens (including phenoxy) is 1. The van der Waals surface area contributed by atoms with Gasteiger partial charge < -0.3 is 15.4 Å². The Kier molecular flexibility index (Phi) is 10.5. The fourth-order valence-corrected chi connectivity index (χ4v) is 5.19. The number of sulfonamides is 1. The van der Waals surface area contributed by atoms with E-state index in [1.54, 1.807) is 11.4 Å². The third-order valence-corrected chi connectivity index (χ3v) is 7.51. The van der Waals surface area contributed by atoms with E-state index in [0.717, 1.165) is 51.3 Å². The van der Waals surface area contributed by atoms with Crippen molar-refractivity contribution in [3.8, 4) is 0 Å². The third-order valence-electron chi connectivity index (χ3n) is 6.21. The molecule has 2 fully saturated rings. The van der Waals surface area contributed by atoms with Crippen LogP contribution in [-0.2, 0) is 14.8 Å². The maximum atomic E-state index is 11.7. The van der Waals surface area contributed by atoms with Crippen LogP contribution in [0.5, 0.6) is 0 Å². The molecule has 2 saturated heterocycles. The highest BCUT2D eigenvalue weighted by Gasteiger charge is 2.28. The number of nitrogens with one attached hydrogen (secondary N) is 2. The topological polar surface area (TPSA) is 83.0 Å². The normalized spacial score (nSPS) is 23.8. The maximum absolute atomic E-state index is 11.7. The van der Waals surface area contributed by atoms with Crippen molar-refractivity contribution >= 4 is 40.0 Å². The number of rotatable bonds is 6. The van der Waals surface area contributed by atoms with Crippen LogP contribution in [0.25, 0.3) is 0 Å². The zero-order valence-corrected chi connectivity index (χ0v) is 22.0. The van der Waals surface area contributed by atoms with Crippen molar-refractivity contribution in [3.05, 3.63) is 35.4 Å². The summed E-state index contributed by atoms with van der Waals surface area (Å²) in [5.74, 6) is 1.66. The maximum Gasteiger partial charge on any atom is 0.211 e. The van der Waals surface area contributed by atoms with Gasteiger partial charge in [0.2, 0.25) is 10.0 Å². The molecule has 2 heterocycles. The van der Waals surface area contributed by atoms with E-state index in [1.807, 2.05) is 0 Å². The van der Waals surface area contributed by atoms with Gasteiger partial charge in [-0.1, -0.05) is 29.8 Å². The highest BCUT2D eigenvalue weighted by atomic mass is 127. The van der Waals surface area contributed by atoms with Crippen molar-refractivity contribution in [2.45, 2.75) is 38.7 Å². The van der Waals surface area contributed by atoms with Gasteiger partial charge in [-0.3, -0.25) is 4.99 Å². The molecular formula is C22H37IN4O3S. The second-order valence-corrected chi connectivity index (χ2v) is 10.5. The molecule has 0 amide bonds. The molecule has 0 spiro atoms. The van der Waals surface area contributed by atoms with Gasteiger partial charge in [-0.05, 0) is 44.1 Å². The zero-order valence-electron chi connectivity index (χ0n) is 18.8. The van der Waals surface area contributed by atoms with Gasteiger partial charge in [-0.2, -0.15) is 0 Å². The van der Waals surface area contributed by atoms with Crippen molar-refractivity contribution in [2.24, 2.45) is 16.8 Å². The number of aryl methyl sites for hydroxylation is 1. The molecule has 2 atom stereocenters. The van der Waals surface area contributed by atoms with Crippen molar-refractivity contribution in [1.82, 2.24) is 14.9 Å². The Labute approximate surface area is 204 Å². The van der Waals surface area contributed by atoms with Crippen LogP contribution in [0.3, 0.4) is 0 Å². The highest BCUT2D eigenvalue weighted by molar-refractivity contribution is 14.0. The monoisotopic (exact) mass is 564 g/mol. The first-order valence-corrected chi connectivity index (χ1v) is 12.8. The SMILES string of the molecule is CN=C(NCC1CCN(S(C)(=O)=O)CC1)NCC1CCCOC1c1ccc(C)cc1.I. The number of halogens is 1. The van der Waals surface area contributed by atoms with E-state index in [4.69, 9.17) is 4.74 Å². The molecule has 2 N–H and O–H groups in total. The van der Waals surface area contributed by atoms with E-state index >= 15 is 0 Å². The number of aliphatic imine (C=N–C) groups is 1. The molecule has 0 aromatic heterocycles. The first-order chi connectivity index (χ1) is 14.4. The summed E-state index contributed by atoms with van der Waals surface area (Å²) in [4.78, 5) is 4.37. The zero-order chi connectivity index (χ0) is 21.6. The standard InChI is InChI=1S/C22H36N4O3S.HI/c1-17-6-8-19(9-7-17)21-20(5-4-14-29-21)16-25-22(23-2)24-15-18-10-12-26(13-11-18)30(3,27)28;/h6-9,18,20-21H,4-5,10-16H2,1-3H3,(H2,23,24,25);1H. The quantitative estimate of drug-likeness (QED) is 0.316. The lowest BCUT2D eigenvalue weighted by molar-refractivity contribution is -0.0265. The Morgan fingerprint density at radius 2 is 1.77 bits per heavy atom. The van der Waals surface area contributed by atoms with Gasteiger partial charge in [-0.25, -0.2) is 12.7 Å². The predicted molar refractivity (Wildman–Crippen MR) is 137 cm³/mol. The molecule has 0 bridgehead atoms. The summed E-state index contributed by atoms with van der Waals surface area (Å²) < 4.78 is 31.0. The number of benzene rings is 1. The van der Waals surface area contributed by atoms with Crippen LogP contribution in [0.2, 0.25) is 0 Å². The number of nitrogens with zero attached hydrogens (tertiary/aromatic N) is 2. The molecule has 176 valence electrons. The first-order valence-electron chi connectivity index (χ1n) is 10.9. The van der Waals surface area contributed by atoms with Gasteiger partial charge in [0.15, 0.2) is 5.96 Å². The number of guanidine groups is 1. The number of hydrogen-bond acceptors (Lipinski definition) is 4. The number of hydrogen-bond donors (Lipinski definition) is 2. The van der Waals surface area contributed by atoms with Crippen LogP contribution in [0.15, 0.2) is 29.3 Å². The van der Waals surface area contributed by atoms with Gasteiger partial charge >= 0.3 is 0 Å². The van der Waals surface area contributed by atoms with Gasteiger partial charge in [0.05, 0.1) is 12.4 Å². The summed E-state index contributed by atoms with van der Waals surface area (Å²) in [6, 6.07) is 8.64. The minimum atomic E-state index is -3.07. The average Bonchev–Trinajstić information content (AvgIpc) is 2.74. The lowest BCUT2D eigenvalue weighted by atomic mass is 9.89. The van der Waals surface area contributed by atoms with Gasteiger partial charge in [0.1, 0.15) is 0 Å². The van der Waals surface area contributed by atoms with Gasteiger partial charge in [0, 0.05) is 45.8 Å². The molecule has 3 rings (SSSR count). The van der Waals surface area contributed by atoms with E-state index in [-0.39, 0.29) is 30.1 Å². The fraction of sp³-hybridized carbons (Fsp3) is 0.682. The molecule has 1 aromatic rings. The Morgan fingerprint density at radius 3 is 2.39 bits per heavy atom. The van der Waals surface area contributed by atoms with Crippen LogP contribution in [-0.4, -0.2) is 64.8 Å². The van der Waals surface area contributed by atoms with Crippen molar-refractivity contribution < 1.29 is 13.2 Å². The number of piperidine rings is 1. The summed E-state index contributed by atoms with van der Waals surface area (Å²) in [6.07, 6.45) is 5.37. The second kappa shape index (κ2) is 12.4. The minimum absolute atomic E-state index is 0. The minimum Gasteiger partial charge on any atom is -0.373 e. The molecule has 0 aliphatic carbocycles. The van der Waals surface area contributed by atoms with Crippen LogP contribution < -0.4 is 10.6 Å². The van der Waals surface area contributed by atoms with E-state index in [9.17, 15) is 8.42 Å². The molecule has 1 aromatic carbocycles. The molecule has 0 saturated carbocycles. The van der Waals surface area contributed by atoms with E-state index in [1.165, 1.54) is 17.4 Å². The Morgan fingerprint density at radius 1 is 1.13 bits per heavy atom. The van der Waals surface area contributed by atoms with Gasteiger partial charge in [-0.15, -0.1) is 24.0 Å². The average molecular weight is 565 g/mol. The smallest absolute Gasteiger partial charge is 0.211 e. The van der Waals surface area contributed by atoms with Crippen molar-refractivity contribution in [2.75, 3.05) is 46.1 Å². The molecule has 7 nitrogen and oxygen atoms in total. The summed E-state index contributed by atoms with van der Waals surface area (Å²) in [5, 5.41) is 6.90. The van der Waals surface area contributed by atoms with E-state index in [2.05, 4.69) is 46.8 Å². The molecule has 9 heteroatoms. The molecule has 2 aliphatic rings. The fourth-order valence-electron chi connectivity index (χ4n) is 4.31. The van der Waals surface area contributed by atoms with Gasteiger partial charge in [0.25, 0.3) is 0 Å². The summed E-state index contributed by atoms with van der Waals surface area (Å²) >= 11 is 0. The van der Waals surface area contributed by atoms with Crippen molar-refractivity contribution in [1.29, 1.82) is 0 Å². The van der Waals surface area contributed by atoms with E-state index < -0.39 is 10.0 Å². The summed E-state index contributed by atoms with van der Waals surface area (Å²) in [5.41, 5.74) is 2.50. The van der Waals surface area contributed by atoms with Crippen LogP contribution in [0.1, 0.15) is 42.9 Å². The second-order valence-electron chi connectivity index (χ2n) is 8.54. The molecule has 2 aliphatic heterocycles.